The molecule has 1 aliphatic heterocycles. The molecule has 3 heteroatoms. The van der Waals surface area contributed by atoms with E-state index in [4.69, 9.17) is 5.73 Å². The number of hydrogen-bond donors (Lipinski definition) is 1. The van der Waals surface area contributed by atoms with E-state index in [2.05, 4.69) is 41.9 Å². The van der Waals surface area contributed by atoms with Crippen LogP contribution in [-0.2, 0) is 6.54 Å². The molecule has 0 atom stereocenters. The Balaban J connectivity index is 2.00. The van der Waals surface area contributed by atoms with Gasteiger partial charge in [-0.2, -0.15) is 0 Å². The van der Waals surface area contributed by atoms with E-state index < -0.39 is 0 Å². The molecule has 0 saturated carbocycles. The molecule has 1 aliphatic rings. The van der Waals surface area contributed by atoms with Crippen LogP contribution in [0.3, 0.4) is 0 Å². The molecule has 1 saturated heterocycles. The van der Waals surface area contributed by atoms with Gasteiger partial charge in [-0.1, -0.05) is 38.5 Å². The van der Waals surface area contributed by atoms with Crippen molar-refractivity contribution in [3.05, 3.63) is 36.0 Å². The lowest BCUT2D eigenvalue weighted by Crippen LogP contribution is -2.39. The summed E-state index contributed by atoms with van der Waals surface area (Å²) in [6, 6.07) is 8.39. The molecule has 1 fully saturated rings. The van der Waals surface area contributed by atoms with Crippen LogP contribution < -0.4 is 10.6 Å². The van der Waals surface area contributed by atoms with E-state index in [1.807, 2.05) is 12.3 Å². The second kappa shape index (κ2) is 5.64. The molecule has 0 radical (unpaired) electrons. The van der Waals surface area contributed by atoms with Crippen molar-refractivity contribution in [3.63, 3.8) is 0 Å². The van der Waals surface area contributed by atoms with Crippen LogP contribution in [0.2, 0.25) is 0 Å². The van der Waals surface area contributed by atoms with Crippen molar-refractivity contribution in [1.82, 2.24) is 4.98 Å². The Morgan fingerprint density at radius 3 is 2.62 bits per heavy atom. The summed E-state index contributed by atoms with van der Waals surface area (Å²) >= 11 is 0. The average Bonchev–Trinajstić information content (AvgIpc) is 2.55. The molecule has 0 spiro atoms. The Kier molecular flexibility index (Phi) is 3.85. The number of para-hydroxylation sites is 1. The van der Waals surface area contributed by atoms with Gasteiger partial charge in [0.25, 0.3) is 0 Å². The average molecular weight is 283 g/mol. The number of aromatic nitrogens is 1. The number of benzene rings is 1. The summed E-state index contributed by atoms with van der Waals surface area (Å²) in [6.45, 7) is 7.51. The Morgan fingerprint density at radius 1 is 1.24 bits per heavy atom. The predicted molar refractivity (Wildman–Crippen MR) is 89.5 cm³/mol. The number of pyridine rings is 1. The highest BCUT2D eigenvalue weighted by molar-refractivity contribution is 5.93. The fourth-order valence-corrected chi connectivity index (χ4v) is 3.31. The number of nitrogens with two attached hydrogens (primary N) is 1. The number of nitrogens with zero attached hydrogens (tertiary/aromatic N) is 2. The van der Waals surface area contributed by atoms with Crippen molar-refractivity contribution in [2.24, 2.45) is 11.1 Å². The van der Waals surface area contributed by atoms with Gasteiger partial charge in [0, 0.05) is 36.8 Å². The van der Waals surface area contributed by atoms with Crippen LogP contribution in [0.15, 0.2) is 30.5 Å². The summed E-state index contributed by atoms with van der Waals surface area (Å²) < 4.78 is 0. The van der Waals surface area contributed by atoms with E-state index in [0.29, 0.717) is 12.0 Å². The third-order valence-corrected chi connectivity index (χ3v) is 5.18. The maximum absolute atomic E-state index is 5.96. The van der Waals surface area contributed by atoms with E-state index in [0.717, 1.165) is 24.2 Å². The van der Waals surface area contributed by atoms with Crippen molar-refractivity contribution in [2.45, 2.75) is 39.7 Å². The lowest BCUT2D eigenvalue weighted by molar-refractivity contribution is 0.238. The second-order valence-electron chi connectivity index (χ2n) is 6.50. The first-order valence-electron chi connectivity index (χ1n) is 7.98. The van der Waals surface area contributed by atoms with Crippen LogP contribution in [0.4, 0.5) is 5.69 Å². The number of piperidine rings is 1. The van der Waals surface area contributed by atoms with Gasteiger partial charge in [0.1, 0.15) is 0 Å². The van der Waals surface area contributed by atoms with Crippen molar-refractivity contribution in [2.75, 3.05) is 18.0 Å². The van der Waals surface area contributed by atoms with Crippen LogP contribution in [0.5, 0.6) is 0 Å². The zero-order valence-corrected chi connectivity index (χ0v) is 13.1. The molecule has 1 aromatic heterocycles. The molecule has 0 bridgehead atoms. The molecule has 0 amide bonds. The number of fused-ring (bicyclic) bond motifs is 1. The maximum atomic E-state index is 5.96. The van der Waals surface area contributed by atoms with Crippen molar-refractivity contribution >= 4 is 16.6 Å². The second-order valence-corrected chi connectivity index (χ2v) is 6.50. The number of hydrogen-bond acceptors (Lipinski definition) is 3. The van der Waals surface area contributed by atoms with Crippen molar-refractivity contribution in [3.8, 4) is 0 Å². The van der Waals surface area contributed by atoms with Gasteiger partial charge in [0.15, 0.2) is 0 Å². The Hall–Kier alpha value is -1.61. The first-order chi connectivity index (χ1) is 10.2. The summed E-state index contributed by atoms with van der Waals surface area (Å²) in [5.74, 6) is 0. The molecule has 2 heterocycles. The van der Waals surface area contributed by atoms with Crippen LogP contribution in [-0.4, -0.2) is 18.1 Å². The van der Waals surface area contributed by atoms with Crippen LogP contribution in [0.25, 0.3) is 10.9 Å². The van der Waals surface area contributed by atoms with Crippen molar-refractivity contribution in [1.29, 1.82) is 0 Å². The van der Waals surface area contributed by atoms with Gasteiger partial charge in [0.05, 0.1) is 11.2 Å². The largest absolute Gasteiger partial charge is 0.371 e. The van der Waals surface area contributed by atoms with Crippen LogP contribution in [0.1, 0.15) is 38.7 Å². The van der Waals surface area contributed by atoms with Crippen molar-refractivity contribution < 1.29 is 0 Å². The van der Waals surface area contributed by atoms with Gasteiger partial charge < -0.3 is 10.6 Å². The van der Waals surface area contributed by atoms with Gasteiger partial charge in [-0.15, -0.1) is 0 Å². The Bertz CT molecular complexity index is 627. The van der Waals surface area contributed by atoms with Crippen LogP contribution in [0, 0.1) is 5.41 Å². The molecule has 2 N–H and O–H groups in total. The normalized spacial score (nSPS) is 18.1. The van der Waals surface area contributed by atoms with E-state index in [9.17, 15) is 0 Å². The lowest BCUT2D eigenvalue weighted by atomic mass is 9.78. The molecule has 112 valence electrons. The summed E-state index contributed by atoms with van der Waals surface area (Å²) in [6.07, 6.45) is 5.72. The summed E-state index contributed by atoms with van der Waals surface area (Å²) in [4.78, 5) is 7.06. The first-order valence-corrected chi connectivity index (χ1v) is 7.98. The van der Waals surface area contributed by atoms with Gasteiger partial charge in [0.2, 0.25) is 0 Å². The molecule has 3 rings (SSSR count). The molecular formula is C18H25N3. The fraction of sp³-hybridized carbons (Fsp3) is 0.500. The van der Waals surface area contributed by atoms with E-state index >= 15 is 0 Å². The summed E-state index contributed by atoms with van der Waals surface area (Å²) in [5.41, 5.74) is 9.99. The monoisotopic (exact) mass is 283 g/mol. The standard InChI is InChI=1S/C18H25N3/c1-3-18(2)8-10-21(11-9-18)17-14(12-19)13-20-16-7-5-4-6-15(16)17/h4-7,13H,3,8-12,19H2,1-2H3. The number of anilines is 1. The molecule has 3 nitrogen and oxygen atoms in total. The highest BCUT2D eigenvalue weighted by Gasteiger charge is 2.29. The zero-order valence-electron chi connectivity index (χ0n) is 13.1. The number of rotatable bonds is 3. The Morgan fingerprint density at radius 2 is 1.95 bits per heavy atom. The van der Waals surface area contributed by atoms with E-state index in [1.54, 1.807) is 0 Å². The molecule has 2 aromatic rings. The molecular weight excluding hydrogens is 258 g/mol. The van der Waals surface area contributed by atoms with Gasteiger partial charge >= 0.3 is 0 Å². The highest BCUT2D eigenvalue weighted by Crippen LogP contribution is 2.38. The summed E-state index contributed by atoms with van der Waals surface area (Å²) in [7, 11) is 0. The fourth-order valence-electron chi connectivity index (χ4n) is 3.31. The zero-order chi connectivity index (χ0) is 14.9. The third kappa shape index (κ3) is 2.62. The smallest absolute Gasteiger partial charge is 0.0723 e. The van der Waals surface area contributed by atoms with E-state index in [1.165, 1.54) is 30.3 Å². The molecule has 0 unspecified atom stereocenters. The van der Waals surface area contributed by atoms with Gasteiger partial charge in [-0.3, -0.25) is 4.98 Å². The maximum Gasteiger partial charge on any atom is 0.0723 e. The van der Waals surface area contributed by atoms with Gasteiger partial charge in [-0.25, -0.2) is 0 Å². The SMILES string of the molecule is CCC1(C)CCN(c2c(CN)cnc3ccccc23)CC1. The Labute approximate surface area is 127 Å². The minimum atomic E-state index is 0.502. The highest BCUT2D eigenvalue weighted by atomic mass is 15.1. The minimum Gasteiger partial charge on any atom is -0.371 e. The van der Waals surface area contributed by atoms with Crippen LogP contribution >= 0.6 is 0 Å². The quantitative estimate of drug-likeness (QED) is 0.933. The molecule has 1 aromatic carbocycles. The first kappa shape index (κ1) is 14.3. The topological polar surface area (TPSA) is 42.1 Å². The third-order valence-electron chi connectivity index (χ3n) is 5.18. The lowest BCUT2D eigenvalue weighted by Gasteiger charge is -2.41. The van der Waals surface area contributed by atoms with E-state index in [-0.39, 0.29) is 0 Å². The predicted octanol–water partition coefficient (Wildman–Crippen LogP) is 3.71. The summed E-state index contributed by atoms with van der Waals surface area (Å²) in [5, 5.41) is 1.24. The molecule has 0 aliphatic carbocycles. The minimum absolute atomic E-state index is 0.502. The van der Waals surface area contributed by atoms with Gasteiger partial charge in [-0.05, 0) is 24.3 Å². The molecule has 21 heavy (non-hydrogen) atoms.